The van der Waals surface area contributed by atoms with Crippen LogP contribution in [0, 0.1) is 12.3 Å². The molecule has 0 aliphatic carbocycles. The van der Waals surface area contributed by atoms with Crippen LogP contribution in [0.2, 0.25) is 0 Å². The molecule has 3 heteroatoms. The third kappa shape index (κ3) is 4.54. The van der Waals surface area contributed by atoms with E-state index in [1.807, 2.05) is 31.2 Å². The standard InChI is InChI=1S/C14H17NOS/c1-3-9-15(10-4-2)14(16)11-12-5-7-13(17)8-6-12/h1,5-8,17H,4,9-11H2,2H3. The summed E-state index contributed by atoms with van der Waals surface area (Å²) in [6.07, 6.45) is 6.57. The molecule has 0 fully saturated rings. The van der Waals surface area contributed by atoms with E-state index in [4.69, 9.17) is 6.42 Å². The molecule has 0 spiro atoms. The van der Waals surface area contributed by atoms with Crippen LogP contribution in [0.1, 0.15) is 18.9 Å². The molecule has 0 bridgehead atoms. The molecule has 0 aliphatic heterocycles. The van der Waals surface area contributed by atoms with Crippen molar-refractivity contribution >= 4 is 18.5 Å². The van der Waals surface area contributed by atoms with Gasteiger partial charge in [-0.3, -0.25) is 4.79 Å². The smallest absolute Gasteiger partial charge is 0.227 e. The van der Waals surface area contributed by atoms with E-state index in [0.29, 0.717) is 19.5 Å². The number of hydrogen-bond acceptors (Lipinski definition) is 2. The number of carbonyl (C=O) groups is 1. The van der Waals surface area contributed by atoms with E-state index >= 15 is 0 Å². The molecule has 0 aromatic heterocycles. The van der Waals surface area contributed by atoms with E-state index in [-0.39, 0.29) is 5.91 Å². The molecule has 0 saturated heterocycles. The van der Waals surface area contributed by atoms with Crippen LogP contribution >= 0.6 is 12.6 Å². The predicted molar refractivity (Wildman–Crippen MR) is 73.1 cm³/mol. The van der Waals surface area contributed by atoms with Crippen LogP contribution in [0.4, 0.5) is 0 Å². The lowest BCUT2D eigenvalue weighted by Crippen LogP contribution is -2.33. The number of carbonyl (C=O) groups excluding carboxylic acids is 1. The zero-order chi connectivity index (χ0) is 12.7. The molecular weight excluding hydrogens is 230 g/mol. The van der Waals surface area contributed by atoms with Crippen molar-refractivity contribution < 1.29 is 4.79 Å². The highest BCUT2D eigenvalue weighted by Gasteiger charge is 2.11. The highest BCUT2D eigenvalue weighted by atomic mass is 32.1. The van der Waals surface area contributed by atoms with E-state index < -0.39 is 0 Å². The fraction of sp³-hybridized carbons (Fsp3) is 0.357. The Hall–Kier alpha value is -1.40. The molecule has 90 valence electrons. The molecule has 0 heterocycles. The number of benzene rings is 1. The van der Waals surface area contributed by atoms with Gasteiger partial charge >= 0.3 is 0 Å². The number of rotatable bonds is 5. The van der Waals surface area contributed by atoms with Gasteiger partial charge in [0.1, 0.15) is 0 Å². The van der Waals surface area contributed by atoms with Crippen molar-refractivity contribution in [1.82, 2.24) is 4.90 Å². The van der Waals surface area contributed by atoms with Gasteiger partial charge < -0.3 is 4.90 Å². The van der Waals surface area contributed by atoms with Gasteiger partial charge in [-0.25, -0.2) is 0 Å². The van der Waals surface area contributed by atoms with Crippen molar-refractivity contribution in [3.63, 3.8) is 0 Å². The average molecular weight is 247 g/mol. The molecule has 1 amide bonds. The second kappa shape index (κ2) is 7.03. The Morgan fingerprint density at radius 2 is 2.06 bits per heavy atom. The van der Waals surface area contributed by atoms with Crippen LogP contribution in [-0.4, -0.2) is 23.9 Å². The van der Waals surface area contributed by atoms with Gasteiger partial charge in [0.2, 0.25) is 5.91 Å². The molecule has 0 unspecified atom stereocenters. The van der Waals surface area contributed by atoms with Crippen LogP contribution in [0.3, 0.4) is 0 Å². The largest absolute Gasteiger partial charge is 0.331 e. The summed E-state index contributed by atoms with van der Waals surface area (Å²) in [6, 6.07) is 7.61. The van der Waals surface area contributed by atoms with Crippen molar-refractivity contribution in [3.05, 3.63) is 29.8 Å². The monoisotopic (exact) mass is 247 g/mol. The lowest BCUT2D eigenvalue weighted by Gasteiger charge is -2.19. The van der Waals surface area contributed by atoms with Crippen molar-refractivity contribution in [3.8, 4) is 12.3 Å². The molecule has 17 heavy (non-hydrogen) atoms. The molecule has 0 saturated carbocycles. The Kier molecular flexibility index (Phi) is 5.65. The Bertz CT molecular complexity index is 405. The van der Waals surface area contributed by atoms with E-state index in [1.165, 1.54) is 0 Å². The predicted octanol–water partition coefficient (Wildman–Crippen LogP) is 2.39. The van der Waals surface area contributed by atoms with Crippen LogP contribution in [0.5, 0.6) is 0 Å². The summed E-state index contributed by atoms with van der Waals surface area (Å²) in [4.78, 5) is 14.6. The summed E-state index contributed by atoms with van der Waals surface area (Å²) in [6.45, 7) is 3.14. The van der Waals surface area contributed by atoms with Gasteiger partial charge in [-0.05, 0) is 24.1 Å². The summed E-state index contributed by atoms with van der Waals surface area (Å²) in [5.41, 5.74) is 0.992. The Balaban J connectivity index is 2.63. The lowest BCUT2D eigenvalue weighted by molar-refractivity contribution is -0.129. The maximum Gasteiger partial charge on any atom is 0.227 e. The first kappa shape index (κ1) is 13.7. The Morgan fingerprint density at radius 3 is 2.59 bits per heavy atom. The number of terminal acetylenes is 1. The zero-order valence-electron chi connectivity index (χ0n) is 10.0. The zero-order valence-corrected chi connectivity index (χ0v) is 10.9. The molecule has 0 atom stereocenters. The van der Waals surface area contributed by atoms with Crippen LogP contribution in [-0.2, 0) is 11.2 Å². The van der Waals surface area contributed by atoms with E-state index in [2.05, 4.69) is 18.5 Å². The van der Waals surface area contributed by atoms with Crippen molar-refractivity contribution in [2.75, 3.05) is 13.1 Å². The molecule has 1 aromatic carbocycles. The SMILES string of the molecule is C#CCN(CCC)C(=O)Cc1ccc(S)cc1. The van der Waals surface area contributed by atoms with E-state index in [0.717, 1.165) is 16.9 Å². The minimum atomic E-state index is 0.0803. The fourth-order valence-electron chi connectivity index (χ4n) is 1.57. The second-order valence-electron chi connectivity index (χ2n) is 3.86. The number of nitrogens with zero attached hydrogens (tertiary/aromatic N) is 1. The molecule has 0 N–H and O–H groups in total. The average Bonchev–Trinajstić information content (AvgIpc) is 2.32. The van der Waals surface area contributed by atoms with Gasteiger partial charge in [-0.15, -0.1) is 19.1 Å². The third-order valence-corrected chi connectivity index (χ3v) is 2.72. The highest BCUT2D eigenvalue weighted by molar-refractivity contribution is 7.80. The summed E-state index contributed by atoms with van der Waals surface area (Å²) in [5, 5.41) is 0. The van der Waals surface area contributed by atoms with Crippen molar-refractivity contribution in [1.29, 1.82) is 0 Å². The summed E-state index contributed by atoms with van der Waals surface area (Å²) >= 11 is 4.21. The Morgan fingerprint density at radius 1 is 1.41 bits per heavy atom. The molecule has 0 aliphatic rings. The minimum absolute atomic E-state index is 0.0803. The van der Waals surface area contributed by atoms with Gasteiger partial charge in [-0.1, -0.05) is 25.0 Å². The fourth-order valence-corrected chi connectivity index (χ4v) is 1.72. The molecule has 0 radical (unpaired) electrons. The second-order valence-corrected chi connectivity index (χ2v) is 4.38. The quantitative estimate of drug-likeness (QED) is 0.626. The first-order valence-electron chi connectivity index (χ1n) is 5.66. The number of thiol groups is 1. The number of hydrogen-bond donors (Lipinski definition) is 1. The van der Waals surface area contributed by atoms with Gasteiger partial charge in [0, 0.05) is 11.4 Å². The summed E-state index contributed by atoms with van der Waals surface area (Å²) in [7, 11) is 0. The maximum atomic E-state index is 12.0. The van der Waals surface area contributed by atoms with E-state index in [1.54, 1.807) is 4.90 Å². The van der Waals surface area contributed by atoms with Crippen molar-refractivity contribution in [2.45, 2.75) is 24.7 Å². The van der Waals surface area contributed by atoms with Gasteiger partial charge in [0.05, 0.1) is 13.0 Å². The van der Waals surface area contributed by atoms with Crippen LogP contribution < -0.4 is 0 Å². The molecule has 2 nitrogen and oxygen atoms in total. The minimum Gasteiger partial charge on any atom is -0.331 e. The molecule has 1 aromatic rings. The van der Waals surface area contributed by atoms with Gasteiger partial charge in [0.15, 0.2) is 0 Å². The first-order chi connectivity index (χ1) is 8.17. The van der Waals surface area contributed by atoms with Crippen LogP contribution in [0.25, 0.3) is 0 Å². The highest BCUT2D eigenvalue weighted by Crippen LogP contribution is 2.09. The Labute approximate surface area is 108 Å². The van der Waals surface area contributed by atoms with Gasteiger partial charge in [-0.2, -0.15) is 0 Å². The number of amides is 1. The van der Waals surface area contributed by atoms with Gasteiger partial charge in [0.25, 0.3) is 0 Å². The third-order valence-electron chi connectivity index (χ3n) is 2.42. The molecule has 1 rings (SSSR count). The molecular formula is C14H17NOS. The van der Waals surface area contributed by atoms with Crippen molar-refractivity contribution in [2.24, 2.45) is 0 Å². The summed E-state index contributed by atoms with van der Waals surface area (Å²) in [5.74, 6) is 2.60. The normalized spacial score (nSPS) is 9.71. The van der Waals surface area contributed by atoms with Crippen LogP contribution in [0.15, 0.2) is 29.2 Å². The topological polar surface area (TPSA) is 20.3 Å². The lowest BCUT2D eigenvalue weighted by atomic mass is 10.1. The van der Waals surface area contributed by atoms with E-state index in [9.17, 15) is 4.79 Å². The first-order valence-corrected chi connectivity index (χ1v) is 6.11. The summed E-state index contributed by atoms with van der Waals surface area (Å²) < 4.78 is 0. The maximum absolute atomic E-state index is 12.0.